The Kier molecular flexibility index (Phi) is 4.89. The van der Waals surface area contributed by atoms with Crippen molar-refractivity contribution in [2.45, 2.75) is 0 Å². The van der Waals surface area contributed by atoms with Gasteiger partial charge in [0.15, 0.2) is 0 Å². The molecule has 0 radical (unpaired) electrons. The Morgan fingerprint density at radius 2 is 0.861 bits per heavy atom. The fourth-order valence-electron chi connectivity index (χ4n) is 5.56. The van der Waals surface area contributed by atoms with Crippen molar-refractivity contribution in [2.24, 2.45) is 0 Å². The third-order valence-corrected chi connectivity index (χ3v) is 7.21. The highest BCUT2D eigenvalue weighted by Crippen LogP contribution is 2.47. The van der Waals surface area contributed by atoms with E-state index in [0.717, 1.165) is 0 Å². The molecule has 0 fully saturated rings. The monoisotopic (exact) mass is 456 g/mol. The molecule has 0 saturated heterocycles. The van der Waals surface area contributed by atoms with Crippen LogP contribution in [0.3, 0.4) is 0 Å². The maximum Gasteiger partial charge on any atom is -0.00141 e. The average molecular weight is 457 g/mol. The summed E-state index contributed by atoms with van der Waals surface area (Å²) in [5, 5.41) is 7.60. The number of hydrogen-bond acceptors (Lipinski definition) is 0. The summed E-state index contributed by atoms with van der Waals surface area (Å²) >= 11 is 0. The van der Waals surface area contributed by atoms with E-state index >= 15 is 0 Å². The highest BCUT2D eigenvalue weighted by molar-refractivity contribution is 6.16. The molecule has 0 heterocycles. The van der Waals surface area contributed by atoms with Crippen LogP contribution in [0, 0.1) is 0 Å². The largest absolute Gasteiger partial charge is 0.0622 e. The minimum absolute atomic E-state index is 1.23. The van der Waals surface area contributed by atoms with E-state index in [-0.39, 0.29) is 0 Å². The molecule has 0 saturated carbocycles. The van der Waals surface area contributed by atoms with Crippen LogP contribution in [0.15, 0.2) is 146 Å². The second kappa shape index (κ2) is 8.52. The Morgan fingerprint density at radius 3 is 1.61 bits per heavy atom. The molecule has 0 aliphatic carbocycles. The van der Waals surface area contributed by atoms with E-state index in [1.165, 1.54) is 65.7 Å². The van der Waals surface area contributed by atoms with Gasteiger partial charge in [0.25, 0.3) is 0 Å². The molecule has 0 aromatic heterocycles. The van der Waals surface area contributed by atoms with Gasteiger partial charge in [0, 0.05) is 0 Å². The van der Waals surface area contributed by atoms with Crippen LogP contribution in [-0.4, -0.2) is 0 Å². The summed E-state index contributed by atoms with van der Waals surface area (Å²) in [5.74, 6) is 0. The van der Waals surface area contributed by atoms with Crippen molar-refractivity contribution in [1.29, 1.82) is 0 Å². The molecule has 0 aliphatic heterocycles. The van der Waals surface area contributed by atoms with Crippen molar-refractivity contribution in [2.75, 3.05) is 0 Å². The number of fused-ring (bicyclic) bond motifs is 3. The van der Waals surface area contributed by atoms with Gasteiger partial charge in [0.05, 0.1) is 0 Å². The lowest BCUT2D eigenvalue weighted by Crippen LogP contribution is -1.94. The van der Waals surface area contributed by atoms with E-state index in [1.807, 2.05) is 0 Å². The molecule has 0 heteroatoms. The first-order chi connectivity index (χ1) is 17.9. The summed E-state index contributed by atoms with van der Waals surface area (Å²) in [7, 11) is 0. The summed E-state index contributed by atoms with van der Waals surface area (Å²) < 4.78 is 0. The van der Waals surface area contributed by atoms with Gasteiger partial charge in [-0.25, -0.2) is 0 Å². The molecule has 0 nitrogen and oxygen atoms in total. The lowest BCUT2D eigenvalue weighted by molar-refractivity contribution is 1.60. The lowest BCUT2D eigenvalue weighted by Gasteiger charge is -2.21. The SMILES string of the molecule is c1ccc(-c2cc3cc4ccccc4cc3c(-c3cccc4ccccc34)c2-c2ccccc2)cc1. The topological polar surface area (TPSA) is 0 Å². The van der Waals surface area contributed by atoms with Crippen molar-refractivity contribution in [3.63, 3.8) is 0 Å². The molecular formula is C36H24. The quantitative estimate of drug-likeness (QED) is 0.232. The summed E-state index contributed by atoms with van der Waals surface area (Å²) in [6.45, 7) is 0. The molecule has 168 valence electrons. The third-order valence-electron chi connectivity index (χ3n) is 7.21. The van der Waals surface area contributed by atoms with Crippen LogP contribution in [-0.2, 0) is 0 Å². The molecule has 36 heavy (non-hydrogen) atoms. The second-order valence-corrected chi connectivity index (χ2v) is 9.35. The van der Waals surface area contributed by atoms with Gasteiger partial charge in [-0.2, -0.15) is 0 Å². The molecule has 0 unspecified atom stereocenters. The first-order valence-corrected chi connectivity index (χ1v) is 12.5. The summed E-state index contributed by atoms with van der Waals surface area (Å²) in [5.41, 5.74) is 7.56. The van der Waals surface area contributed by atoms with Gasteiger partial charge in [0.1, 0.15) is 0 Å². The molecule has 7 rings (SSSR count). The minimum Gasteiger partial charge on any atom is -0.0622 e. The van der Waals surface area contributed by atoms with Crippen LogP contribution in [0.4, 0.5) is 0 Å². The third kappa shape index (κ3) is 3.39. The van der Waals surface area contributed by atoms with Crippen molar-refractivity contribution in [3.8, 4) is 33.4 Å². The number of hydrogen-bond donors (Lipinski definition) is 0. The van der Waals surface area contributed by atoms with Crippen LogP contribution in [0.25, 0.3) is 65.7 Å². The van der Waals surface area contributed by atoms with Gasteiger partial charge < -0.3 is 0 Å². The molecule has 0 atom stereocenters. The van der Waals surface area contributed by atoms with Crippen LogP contribution in [0.2, 0.25) is 0 Å². The summed E-state index contributed by atoms with van der Waals surface area (Å²) in [6.07, 6.45) is 0. The predicted molar refractivity (Wildman–Crippen MR) is 155 cm³/mol. The fraction of sp³-hybridized carbons (Fsp3) is 0. The maximum atomic E-state index is 2.38. The average Bonchev–Trinajstić information content (AvgIpc) is 2.96. The van der Waals surface area contributed by atoms with Crippen LogP contribution in [0.1, 0.15) is 0 Å². The Labute approximate surface area is 211 Å². The molecular weight excluding hydrogens is 432 g/mol. The molecule has 7 aromatic rings. The Hall–Kier alpha value is -4.68. The van der Waals surface area contributed by atoms with Gasteiger partial charge in [-0.3, -0.25) is 0 Å². The first-order valence-electron chi connectivity index (χ1n) is 12.5. The smallest absolute Gasteiger partial charge is 0.00141 e. The number of rotatable bonds is 3. The highest BCUT2D eigenvalue weighted by Gasteiger charge is 2.20. The van der Waals surface area contributed by atoms with Crippen LogP contribution >= 0.6 is 0 Å². The Bertz CT molecular complexity index is 1860. The van der Waals surface area contributed by atoms with E-state index in [1.54, 1.807) is 0 Å². The van der Waals surface area contributed by atoms with Gasteiger partial charge >= 0.3 is 0 Å². The second-order valence-electron chi connectivity index (χ2n) is 9.35. The molecule has 0 aliphatic rings. The zero-order valence-corrected chi connectivity index (χ0v) is 19.9. The van der Waals surface area contributed by atoms with Gasteiger partial charge in [-0.05, 0) is 83.9 Å². The van der Waals surface area contributed by atoms with Gasteiger partial charge in [-0.1, -0.05) is 127 Å². The fourth-order valence-corrected chi connectivity index (χ4v) is 5.56. The standard InChI is InChI=1S/C36H24/c1-3-12-26(13-4-1)33-24-30-22-28-17-7-8-18-29(28)23-34(30)36(35(33)27-15-5-2-6-16-27)32-21-11-19-25-14-9-10-20-31(25)32/h1-24H. The minimum atomic E-state index is 1.23. The first kappa shape index (κ1) is 20.7. The van der Waals surface area contributed by atoms with E-state index in [0.29, 0.717) is 0 Å². The van der Waals surface area contributed by atoms with E-state index in [2.05, 4.69) is 146 Å². The van der Waals surface area contributed by atoms with E-state index < -0.39 is 0 Å². The van der Waals surface area contributed by atoms with Gasteiger partial charge in [-0.15, -0.1) is 0 Å². The molecule has 0 amide bonds. The van der Waals surface area contributed by atoms with Crippen molar-refractivity contribution >= 4 is 32.3 Å². The normalized spacial score (nSPS) is 11.3. The zero-order chi connectivity index (χ0) is 23.9. The van der Waals surface area contributed by atoms with Crippen LogP contribution < -0.4 is 0 Å². The maximum absolute atomic E-state index is 2.38. The van der Waals surface area contributed by atoms with Gasteiger partial charge in [0.2, 0.25) is 0 Å². The summed E-state index contributed by atoms with van der Waals surface area (Å²) in [4.78, 5) is 0. The zero-order valence-electron chi connectivity index (χ0n) is 19.9. The lowest BCUT2D eigenvalue weighted by atomic mass is 9.82. The van der Waals surface area contributed by atoms with Crippen molar-refractivity contribution in [3.05, 3.63) is 146 Å². The van der Waals surface area contributed by atoms with Crippen LogP contribution in [0.5, 0.6) is 0 Å². The molecule has 0 spiro atoms. The van der Waals surface area contributed by atoms with Crippen molar-refractivity contribution in [1.82, 2.24) is 0 Å². The predicted octanol–water partition coefficient (Wildman–Crippen LogP) is 10.1. The van der Waals surface area contributed by atoms with E-state index in [9.17, 15) is 0 Å². The summed E-state index contributed by atoms with van der Waals surface area (Å²) in [6, 6.07) is 52.8. The Balaban J connectivity index is 1.73. The van der Waals surface area contributed by atoms with Crippen molar-refractivity contribution < 1.29 is 0 Å². The van der Waals surface area contributed by atoms with E-state index in [4.69, 9.17) is 0 Å². The highest BCUT2D eigenvalue weighted by atomic mass is 14.2. The molecule has 0 bridgehead atoms. The molecule has 0 N–H and O–H groups in total. The molecule has 7 aromatic carbocycles. The number of benzene rings is 7. The Morgan fingerprint density at radius 1 is 0.278 bits per heavy atom.